The standard InChI is InChI=1S/C15H32N2O2/c1-6-8-10-13(16-11-9-7-2)12-17-14(18)19-15(3,4)5/h13,16H,6-12H2,1-5H3,(H,17,18). The monoisotopic (exact) mass is 272 g/mol. The van der Waals surface area contributed by atoms with Gasteiger partial charge >= 0.3 is 6.09 Å². The second kappa shape index (κ2) is 10.1. The lowest BCUT2D eigenvalue weighted by Crippen LogP contribution is -2.43. The van der Waals surface area contributed by atoms with E-state index < -0.39 is 5.60 Å². The number of amides is 1. The van der Waals surface area contributed by atoms with Gasteiger partial charge in [-0.25, -0.2) is 4.79 Å². The van der Waals surface area contributed by atoms with Gasteiger partial charge in [-0.3, -0.25) is 0 Å². The normalized spacial score (nSPS) is 13.1. The number of carbonyl (C=O) groups excluding carboxylic acids is 1. The van der Waals surface area contributed by atoms with E-state index >= 15 is 0 Å². The van der Waals surface area contributed by atoms with Gasteiger partial charge in [0.1, 0.15) is 5.60 Å². The van der Waals surface area contributed by atoms with E-state index in [1.54, 1.807) is 0 Å². The predicted octanol–water partition coefficient (Wildman–Crippen LogP) is 3.46. The van der Waals surface area contributed by atoms with E-state index in [0.29, 0.717) is 12.6 Å². The van der Waals surface area contributed by atoms with Gasteiger partial charge in [0.05, 0.1) is 0 Å². The highest BCUT2D eigenvalue weighted by atomic mass is 16.6. The maximum atomic E-state index is 11.6. The van der Waals surface area contributed by atoms with Crippen LogP contribution in [0.15, 0.2) is 0 Å². The number of nitrogens with one attached hydrogen (secondary N) is 2. The summed E-state index contributed by atoms with van der Waals surface area (Å²) in [6, 6.07) is 0.346. The molecule has 114 valence electrons. The molecule has 0 aromatic carbocycles. The minimum Gasteiger partial charge on any atom is -0.444 e. The smallest absolute Gasteiger partial charge is 0.407 e. The summed E-state index contributed by atoms with van der Waals surface area (Å²) in [5.41, 5.74) is -0.432. The first-order valence-electron chi connectivity index (χ1n) is 7.59. The van der Waals surface area contributed by atoms with Crippen molar-refractivity contribution in [1.29, 1.82) is 0 Å². The van der Waals surface area contributed by atoms with Crippen molar-refractivity contribution < 1.29 is 9.53 Å². The molecule has 0 saturated carbocycles. The summed E-state index contributed by atoms with van der Waals surface area (Å²) in [5, 5.41) is 6.35. The number of rotatable bonds is 9. The summed E-state index contributed by atoms with van der Waals surface area (Å²) >= 11 is 0. The Balaban J connectivity index is 3.98. The van der Waals surface area contributed by atoms with Crippen molar-refractivity contribution in [3.63, 3.8) is 0 Å². The number of hydrogen-bond acceptors (Lipinski definition) is 3. The van der Waals surface area contributed by atoms with E-state index in [2.05, 4.69) is 24.5 Å². The third-order valence-electron chi connectivity index (χ3n) is 2.76. The summed E-state index contributed by atoms with van der Waals surface area (Å²) in [6.07, 6.45) is 5.49. The van der Waals surface area contributed by atoms with Crippen LogP contribution in [0.2, 0.25) is 0 Å². The number of hydrogen-bond donors (Lipinski definition) is 2. The first-order valence-corrected chi connectivity index (χ1v) is 7.59. The van der Waals surface area contributed by atoms with Gasteiger partial charge in [0.25, 0.3) is 0 Å². The Morgan fingerprint density at radius 2 is 1.79 bits per heavy atom. The van der Waals surface area contributed by atoms with Crippen molar-refractivity contribution in [3.8, 4) is 0 Å². The van der Waals surface area contributed by atoms with Crippen LogP contribution in [0.3, 0.4) is 0 Å². The summed E-state index contributed by atoms with van der Waals surface area (Å²) in [6.45, 7) is 11.6. The summed E-state index contributed by atoms with van der Waals surface area (Å²) < 4.78 is 5.24. The van der Waals surface area contributed by atoms with E-state index in [9.17, 15) is 4.79 Å². The Morgan fingerprint density at radius 1 is 1.16 bits per heavy atom. The lowest BCUT2D eigenvalue weighted by Gasteiger charge is -2.22. The van der Waals surface area contributed by atoms with Gasteiger partial charge in [-0.05, 0) is 40.2 Å². The zero-order chi connectivity index (χ0) is 14.7. The van der Waals surface area contributed by atoms with Crippen molar-refractivity contribution >= 4 is 6.09 Å². The van der Waals surface area contributed by atoms with E-state index in [4.69, 9.17) is 4.74 Å². The summed E-state index contributed by atoms with van der Waals surface area (Å²) in [5.74, 6) is 0. The molecular weight excluding hydrogens is 240 g/mol. The van der Waals surface area contributed by atoms with Crippen molar-refractivity contribution in [2.24, 2.45) is 0 Å². The molecule has 0 aliphatic carbocycles. The molecule has 0 rings (SSSR count). The lowest BCUT2D eigenvalue weighted by atomic mass is 10.1. The Kier molecular flexibility index (Phi) is 9.66. The van der Waals surface area contributed by atoms with Gasteiger partial charge in [0.2, 0.25) is 0 Å². The summed E-state index contributed by atoms with van der Waals surface area (Å²) in [4.78, 5) is 11.6. The Labute approximate surface area is 118 Å². The van der Waals surface area contributed by atoms with Crippen LogP contribution in [0.1, 0.15) is 66.7 Å². The summed E-state index contributed by atoms with van der Waals surface area (Å²) in [7, 11) is 0. The molecule has 0 aromatic heterocycles. The van der Waals surface area contributed by atoms with Gasteiger partial charge in [-0.2, -0.15) is 0 Å². The van der Waals surface area contributed by atoms with Gasteiger partial charge in [-0.15, -0.1) is 0 Å². The highest BCUT2D eigenvalue weighted by molar-refractivity contribution is 5.67. The molecule has 0 bridgehead atoms. The maximum absolute atomic E-state index is 11.6. The highest BCUT2D eigenvalue weighted by Gasteiger charge is 2.17. The molecule has 1 unspecified atom stereocenters. The SMILES string of the molecule is CCCCNC(CCCC)CNC(=O)OC(C)(C)C. The third kappa shape index (κ3) is 12.0. The van der Waals surface area contributed by atoms with Gasteiger partial charge < -0.3 is 15.4 Å². The van der Waals surface area contributed by atoms with Gasteiger partial charge in [0, 0.05) is 12.6 Å². The van der Waals surface area contributed by atoms with E-state index in [0.717, 1.165) is 13.0 Å². The first-order chi connectivity index (χ1) is 8.89. The molecule has 0 radical (unpaired) electrons. The van der Waals surface area contributed by atoms with Crippen LogP contribution in [0.4, 0.5) is 4.79 Å². The zero-order valence-electron chi connectivity index (χ0n) is 13.3. The highest BCUT2D eigenvalue weighted by Crippen LogP contribution is 2.07. The number of alkyl carbamates (subject to hydrolysis) is 1. The number of unbranched alkanes of at least 4 members (excludes halogenated alkanes) is 2. The van der Waals surface area contributed by atoms with Crippen LogP contribution in [0, 0.1) is 0 Å². The molecule has 0 aliphatic rings. The molecular formula is C15H32N2O2. The Bertz CT molecular complexity index is 237. The van der Waals surface area contributed by atoms with Crippen molar-refractivity contribution in [1.82, 2.24) is 10.6 Å². The van der Waals surface area contributed by atoms with E-state index in [-0.39, 0.29) is 6.09 Å². The van der Waals surface area contributed by atoms with Crippen LogP contribution < -0.4 is 10.6 Å². The number of carbonyl (C=O) groups is 1. The van der Waals surface area contributed by atoms with Crippen LogP contribution >= 0.6 is 0 Å². The minimum atomic E-state index is -0.432. The first kappa shape index (κ1) is 18.2. The molecule has 1 atom stereocenters. The molecule has 0 spiro atoms. The largest absolute Gasteiger partial charge is 0.444 e. The van der Waals surface area contributed by atoms with Crippen molar-refractivity contribution in [3.05, 3.63) is 0 Å². The Hall–Kier alpha value is -0.770. The van der Waals surface area contributed by atoms with Crippen LogP contribution in [0.5, 0.6) is 0 Å². The number of ether oxygens (including phenoxy) is 1. The van der Waals surface area contributed by atoms with Crippen LogP contribution in [-0.4, -0.2) is 30.8 Å². The lowest BCUT2D eigenvalue weighted by molar-refractivity contribution is 0.0521. The molecule has 0 fully saturated rings. The van der Waals surface area contributed by atoms with Crippen LogP contribution in [0.25, 0.3) is 0 Å². The third-order valence-corrected chi connectivity index (χ3v) is 2.76. The predicted molar refractivity (Wildman–Crippen MR) is 80.5 cm³/mol. The topological polar surface area (TPSA) is 50.4 Å². The van der Waals surface area contributed by atoms with E-state index in [1.807, 2.05) is 20.8 Å². The average molecular weight is 272 g/mol. The molecule has 19 heavy (non-hydrogen) atoms. The second-order valence-electron chi connectivity index (χ2n) is 6.03. The fraction of sp³-hybridized carbons (Fsp3) is 0.933. The van der Waals surface area contributed by atoms with Crippen molar-refractivity contribution in [2.45, 2.75) is 78.4 Å². The Morgan fingerprint density at radius 3 is 2.32 bits per heavy atom. The van der Waals surface area contributed by atoms with Gasteiger partial charge in [-0.1, -0.05) is 33.1 Å². The average Bonchev–Trinajstić information content (AvgIpc) is 2.30. The molecule has 4 heteroatoms. The quantitative estimate of drug-likeness (QED) is 0.632. The van der Waals surface area contributed by atoms with Gasteiger partial charge in [0.15, 0.2) is 0 Å². The molecule has 1 amide bonds. The minimum absolute atomic E-state index is 0.328. The zero-order valence-corrected chi connectivity index (χ0v) is 13.3. The molecule has 2 N–H and O–H groups in total. The maximum Gasteiger partial charge on any atom is 0.407 e. The molecule has 0 heterocycles. The molecule has 0 aliphatic heterocycles. The fourth-order valence-electron chi connectivity index (χ4n) is 1.73. The molecule has 0 aromatic rings. The second-order valence-corrected chi connectivity index (χ2v) is 6.03. The molecule has 0 saturated heterocycles. The van der Waals surface area contributed by atoms with Crippen LogP contribution in [-0.2, 0) is 4.74 Å². The van der Waals surface area contributed by atoms with E-state index in [1.165, 1.54) is 25.7 Å². The fourth-order valence-corrected chi connectivity index (χ4v) is 1.73. The molecule has 4 nitrogen and oxygen atoms in total. The van der Waals surface area contributed by atoms with Crippen molar-refractivity contribution in [2.75, 3.05) is 13.1 Å².